The van der Waals surface area contributed by atoms with Crippen LogP contribution in [0.3, 0.4) is 0 Å². The topological polar surface area (TPSA) is 29.5 Å². The second kappa shape index (κ2) is 5.50. The SMILES string of the molecule is COC1(C(O)CCC2CC2)CCCCCC1. The predicted molar refractivity (Wildman–Crippen MR) is 65.4 cm³/mol. The molecule has 2 heteroatoms. The monoisotopic (exact) mass is 226 g/mol. The van der Waals surface area contributed by atoms with Gasteiger partial charge in [-0.3, -0.25) is 0 Å². The van der Waals surface area contributed by atoms with Gasteiger partial charge in [0.15, 0.2) is 0 Å². The average Bonchev–Trinajstić information content (AvgIpc) is 3.13. The molecule has 0 spiro atoms. The van der Waals surface area contributed by atoms with Crippen molar-refractivity contribution in [2.45, 2.75) is 75.9 Å². The summed E-state index contributed by atoms with van der Waals surface area (Å²) >= 11 is 0. The second-order valence-corrected chi connectivity index (χ2v) is 5.72. The van der Waals surface area contributed by atoms with Gasteiger partial charge in [-0.1, -0.05) is 38.5 Å². The van der Waals surface area contributed by atoms with E-state index in [-0.39, 0.29) is 11.7 Å². The van der Waals surface area contributed by atoms with Crippen LogP contribution in [-0.2, 0) is 4.74 Å². The maximum Gasteiger partial charge on any atom is 0.0936 e. The summed E-state index contributed by atoms with van der Waals surface area (Å²) in [6, 6.07) is 0. The van der Waals surface area contributed by atoms with E-state index in [4.69, 9.17) is 4.74 Å². The molecule has 2 rings (SSSR count). The Morgan fingerprint density at radius 3 is 2.31 bits per heavy atom. The van der Waals surface area contributed by atoms with Gasteiger partial charge >= 0.3 is 0 Å². The molecule has 0 radical (unpaired) electrons. The molecule has 0 aromatic rings. The Bertz CT molecular complexity index is 203. The van der Waals surface area contributed by atoms with Gasteiger partial charge in [0, 0.05) is 7.11 Å². The number of ether oxygens (including phenoxy) is 1. The lowest BCUT2D eigenvalue weighted by molar-refractivity contribution is -0.114. The number of aliphatic hydroxyl groups excluding tert-OH is 1. The van der Waals surface area contributed by atoms with E-state index in [9.17, 15) is 5.11 Å². The molecular formula is C14H26O2. The Morgan fingerprint density at radius 2 is 1.81 bits per heavy atom. The first-order valence-electron chi connectivity index (χ1n) is 7.00. The molecule has 2 aliphatic rings. The van der Waals surface area contributed by atoms with Crippen molar-refractivity contribution in [2.75, 3.05) is 7.11 Å². The Hall–Kier alpha value is -0.0800. The number of hydrogen-bond acceptors (Lipinski definition) is 2. The molecule has 0 saturated heterocycles. The Labute approximate surface area is 99.4 Å². The second-order valence-electron chi connectivity index (χ2n) is 5.72. The van der Waals surface area contributed by atoms with E-state index in [1.807, 2.05) is 0 Å². The maximum atomic E-state index is 10.4. The van der Waals surface area contributed by atoms with Gasteiger partial charge in [-0.25, -0.2) is 0 Å². The summed E-state index contributed by atoms with van der Waals surface area (Å²) < 4.78 is 5.72. The number of aliphatic hydroxyl groups is 1. The van der Waals surface area contributed by atoms with Gasteiger partial charge in [0.05, 0.1) is 11.7 Å². The van der Waals surface area contributed by atoms with E-state index in [0.29, 0.717) is 0 Å². The van der Waals surface area contributed by atoms with E-state index < -0.39 is 0 Å². The molecule has 1 atom stereocenters. The number of methoxy groups -OCH3 is 1. The van der Waals surface area contributed by atoms with Gasteiger partial charge in [0.25, 0.3) is 0 Å². The van der Waals surface area contributed by atoms with E-state index in [2.05, 4.69) is 0 Å². The van der Waals surface area contributed by atoms with E-state index in [1.54, 1.807) is 7.11 Å². The molecular weight excluding hydrogens is 200 g/mol. The van der Waals surface area contributed by atoms with Crippen LogP contribution in [0.5, 0.6) is 0 Å². The number of hydrogen-bond donors (Lipinski definition) is 1. The molecule has 2 saturated carbocycles. The minimum absolute atomic E-state index is 0.217. The van der Waals surface area contributed by atoms with E-state index in [0.717, 1.165) is 25.2 Å². The predicted octanol–water partition coefficient (Wildman–Crippen LogP) is 3.28. The average molecular weight is 226 g/mol. The molecule has 0 aliphatic heterocycles. The summed E-state index contributed by atoms with van der Waals surface area (Å²) in [4.78, 5) is 0. The first kappa shape index (κ1) is 12.4. The molecule has 2 nitrogen and oxygen atoms in total. The molecule has 2 fully saturated rings. The van der Waals surface area contributed by atoms with Crippen molar-refractivity contribution < 1.29 is 9.84 Å². The van der Waals surface area contributed by atoms with Crippen LogP contribution in [0, 0.1) is 5.92 Å². The van der Waals surface area contributed by atoms with Gasteiger partial charge in [-0.05, 0) is 31.6 Å². The molecule has 0 aromatic heterocycles. The third-order valence-electron chi connectivity index (χ3n) is 4.51. The zero-order valence-electron chi connectivity index (χ0n) is 10.6. The fourth-order valence-electron chi connectivity index (χ4n) is 3.06. The van der Waals surface area contributed by atoms with Crippen LogP contribution in [0.4, 0.5) is 0 Å². The zero-order valence-corrected chi connectivity index (χ0v) is 10.6. The molecule has 1 unspecified atom stereocenters. The highest BCUT2D eigenvalue weighted by Crippen LogP contribution is 2.38. The van der Waals surface area contributed by atoms with Gasteiger partial charge in [0.1, 0.15) is 0 Å². The van der Waals surface area contributed by atoms with Crippen LogP contribution < -0.4 is 0 Å². The summed E-state index contributed by atoms with van der Waals surface area (Å²) in [5, 5.41) is 10.4. The molecule has 0 amide bonds. The highest BCUT2D eigenvalue weighted by molar-refractivity contribution is 4.91. The van der Waals surface area contributed by atoms with Crippen molar-refractivity contribution in [1.29, 1.82) is 0 Å². The third kappa shape index (κ3) is 2.98. The van der Waals surface area contributed by atoms with Crippen molar-refractivity contribution in [3.63, 3.8) is 0 Å². The Morgan fingerprint density at radius 1 is 1.19 bits per heavy atom. The summed E-state index contributed by atoms with van der Waals surface area (Å²) in [5.74, 6) is 0.911. The highest BCUT2D eigenvalue weighted by Gasteiger charge is 2.38. The summed E-state index contributed by atoms with van der Waals surface area (Å²) in [7, 11) is 1.78. The Balaban J connectivity index is 1.88. The summed E-state index contributed by atoms with van der Waals surface area (Å²) in [6.45, 7) is 0. The molecule has 94 valence electrons. The fourth-order valence-corrected chi connectivity index (χ4v) is 3.06. The largest absolute Gasteiger partial charge is 0.390 e. The van der Waals surface area contributed by atoms with Crippen LogP contribution in [0.2, 0.25) is 0 Å². The molecule has 0 bridgehead atoms. The van der Waals surface area contributed by atoms with E-state index in [1.165, 1.54) is 44.9 Å². The molecule has 2 aliphatic carbocycles. The van der Waals surface area contributed by atoms with Crippen LogP contribution >= 0.6 is 0 Å². The first-order chi connectivity index (χ1) is 7.77. The minimum Gasteiger partial charge on any atom is -0.390 e. The fraction of sp³-hybridized carbons (Fsp3) is 1.00. The van der Waals surface area contributed by atoms with Crippen LogP contribution in [0.25, 0.3) is 0 Å². The summed E-state index contributed by atoms with van der Waals surface area (Å²) in [6.07, 6.45) is 11.8. The van der Waals surface area contributed by atoms with Gasteiger partial charge < -0.3 is 9.84 Å². The van der Waals surface area contributed by atoms with Crippen LogP contribution in [0.1, 0.15) is 64.2 Å². The van der Waals surface area contributed by atoms with Gasteiger partial charge in [-0.15, -0.1) is 0 Å². The third-order valence-corrected chi connectivity index (χ3v) is 4.51. The molecule has 16 heavy (non-hydrogen) atoms. The minimum atomic E-state index is -0.240. The van der Waals surface area contributed by atoms with Crippen molar-refractivity contribution in [2.24, 2.45) is 5.92 Å². The molecule has 1 N–H and O–H groups in total. The molecule has 0 aromatic carbocycles. The van der Waals surface area contributed by atoms with Crippen LogP contribution in [-0.4, -0.2) is 23.9 Å². The van der Waals surface area contributed by atoms with Crippen molar-refractivity contribution >= 4 is 0 Å². The lowest BCUT2D eigenvalue weighted by Crippen LogP contribution is -2.43. The highest BCUT2D eigenvalue weighted by atomic mass is 16.5. The summed E-state index contributed by atoms with van der Waals surface area (Å²) in [5.41, 5.74) is -0.217. The normalized spacial score (nSPS) is 27.4. The first-order valence-corrected chi connectivity index (χ1v) is 7.00. The molecule has 0 heterocycles. The smallest absolute Gasteiger partial charge is 0.0936 e. The van der Waals surface area contributed by atoms with Crippen molar-refractivity contribution in [1.82, 2.24) is 0 Å². The Kier molecular flexibility index (Phi) is 4.26. The standard InChI is InChI=1S/C14H26O2/c1-16-14(10-4-2-3-5-11-14)13(15)9-8-12-6-7-12/h12-13,15H,2-11H2,1H3. The van der Waals surface area contributed by atoms with Gasteiger partial charge in [0.2, 0.25) is 0 Å². The van der Waals surface area contributed by atoms with Crippen molar-refractivity contribution in [3.8, 4) is 0 Å². The maximum absolute atomic E-state index is 10.4. The quantitative estimate of drug-likeness (QED) is 0.729. The van der Waals surface area contributed by atoms with Gasteiger partial charge in [-0.2, -0.15) is 0 Å². The van der Waals surface area contributed by atoms with Crippen LogP contribution in [0.15, 0.2) is 0 Å². The lowest BCUT2D eigenvalue weighted by atomic mass is 9.85. The number of rotatable bonds is 5. The zero-order chi connectivity index (χ0) is 11.4. The lowest BCUT2D eigenvalue weighted by Gasteiger charge is -2.36. The van der Waals surface area contributed by atoms with E-state index >= 15 is 0 Å². The van der Waals surface area contributed by atoms with Crippen molar-refractivity contribution in [3.05, 3.63) is 0 Å².